The zero-order valence-electron chi connectivity index (χ0n) is 16.9. The number of nitrogens with zero attached hydrogens (tertiary/aromatic N) is 2. The summed E-state index contributed by atoms with van der Waals surface area (Å²) in [5.74, 6) is -0.978. The second kappa shape index (κ2) is 8.13. The van der Waals surface area contributed by atoms with Crippen molar-refractivity contribution in [3.05, 3.63) is 88.4 Å². The molecule has 162 valence electrons. The van der Waals surface area contributed by atoms with Crippen molar-refractivity contribution in [3.63, 3.8) is 0 Å². The van der Waals surface area contributed by atoms with Crippen LogP contribution in [0.25, 0.3) is 0 Å². The number of rotatable bonds is 4. The van der Waals surface area contributed by atoms with Gasteiger partial charge in [0.2, 0.25) is 5.91 Å². The number of hydrogen-bond acceptors (Lipinski definition) is 5. The molecule has 2 amide bonds. The highest BCUT2D eigenvalue weighted by Crippen LogP contribution is 2.49. The monoisotopic (exact) mass is 468 g/mol. The summed E-state index contributed by atoms with van der Waals surface area (Å²) >= 11 is 12.2. The predicted molar refractivity (Wildman–Crippen MR) is 122 cm³/mol. The fraction of sp³-hybridized carbons (Fsp3) is 0.167. The fourth-order valence-electron chi connectivity index (χ4n) is 4.32. The van der Waals surface area contributed by atoms with E-state index in [2.05, 4.69) is 0 Å². The molecule has 3 aromatic carbocycles. The summed E-state index contributed by atoms with van der Waals surface area (Å²) in [5, 5.41) is 2.23. The molecule has 0 radical (unpaired) electrons. The van der Waals surface area contributed by atoms with Crippen molar-refractivity contribution in [3.8, 4) is 5.75 Å². The van der Waals surface area contributed by atoms with Crippen LogP contribution in [-0.2, 0) is 14.4 Å². The molecule has 2 saturated heterocycles. The number of halogens is 2. The molecule has 0 unspecified atom stereocenters. The number of fused-ring (bicyclic) bond motifs is 1. The number of hydrogen-bond donors (Lipinski definition) is 0. The molecule has 0 spiro atoms. The first kappa shape index (κ1) is 20.8. The first-order chi connectivity index (χ1) is 15.5. The first-order valence-electron chi connectivity index (χ1n) is 9.98. The average molecular weight is 469 g/mol. The van der Waals surface area contributed by atoms with Crippen molar-refractivity contribution in [2.24, 2.45) is 5.92 Å². The van der Waals surface area contributed by atoms with Crippen molar-refractivity contribution < 1.29 is 19.2 Å². The van der Waals surface area contributed by atoms with Gasteiger partial charge < -0.3 is 4.74 Å². The van der Waals surface area contributed by atoms with E-state index >= 15 is 0 Å². The maximum atomic E-state index is 13.6. The first-order valence-corrected chi connectivity index (χ1v) is 10.7. The third-order valence-electron chi connectivity index (χ3n) is 5.75. The lowest BCUT2D eigenvalue weighted by molar-refractivity contribution is -0.126. The molecule has 0 bridgehead atoms. The van der Waals surface area contributed by atoms with Crippen LogP contribution >= 0.6 is 23.2 Å². The summed E-state index contributed by atoms with van der Waals surface area (Å²) in [6.45, 7) is 0. The topological polar surface area (TPSA) is 59.1 Å². The molecule has 32 heavy (non-hydrogen) atoms. The van der Waals surface area contributed by atoms with E-state index in [0.717, 1.165) is 16.2 Å². The van der Waals surface area contributed by atoms with Crippen LogP contribution in [0.3, 0.4) is 0 Å². The number of hydroxylamine groups is 1. The molecule has 2 aliphatic heterocycles. The molecule has 2 fully saturated rings. The Balaban J connectivity index is 1.61. The van der Waals surface area contributed by atoms with Crippen LogP contribution in [0.5, 0.6) is 5.75 Å². The van der Waals surface area contributed by atoms with Gasteiger partial charge in [-0.15, -0.1) is 0 Å². The Hall–Kier alpha value is -3.06. The van der Waals surface area contributed by atoms with Gasteiger partial charge in [-0.25, -0.2) is 9.96 Å². The number of amides is 2. The Morgan fingerprint density at radius 3 is 2.28 bits per heavy atom. The number of carbonyl (C=O) groups is 2. The molecule has 6 nitrogen and oxygen atoms in total. The van der Waals surface area contributed by atoms with Crippen molar-refractivity contribution in [1.29, 1.82) is 0 Å². The van der Waals surface area contributed by atoms with Crippen LogP contribution in [0.1, 0.15) is 11.6 Å². The highest BCUT2D eigenvalue weighted by atomic mass is 35.5. The molecule has 0 N–H and O–H groups in total. The van der Waals surface area contributed by atoms with Crippen LogP contribution in [0, 0.1) is 5.92 Å². The maximum absolute atomic E-state index is 13.6. The largest absolute Gasteiger partial charge is 0.496 e. The number of methoxy groups -OCH3 is 1. The molecule has 3 atom stereocenters. The maximum Gasteiger partial charge on any atom is 0.266 e. The minimum absolute atomic E-state index is 0.259. The Kier molecular flexibility index (Phi) is 5.29. The lowest BCUT2D eigenvalue weighted by atomic mass is 9.90. The molecular weight excluding hydrogens is 451 g/mol. The van der Waals surface area contributed by atoms with Crippen LogP contribution in [0.15, 0.2) is 72.8 Å². The van der Waals surface area contributed by atoms with Crippen LogP contribution in [0.2, 0.25) is 10.0 Å². The standard InChI is InChI=1S/C24H18Cl2N2O4/c1-31-19-10-6-5-9-16(19)21-20-22(32-28(21)14-7-3-2-4-8-14)24(30)27(23(20)29)15-11-12-17(25)18(26)13-15/h2-13,20-22H,1H3/t20-,21-,22+/m1/s1. The Morgan fingerprint density at radius 1 is 0.844 bits per heavy atom. The van der Waals surface area contributed by atoms with E-state index in [4.69, 9.17) is 32.8 Å². The summed E-state index contributed by atoms with van der Waals surface area (Å²) in [4.78, 5) is 34.2. The van der Waals surface area contributed by atoms with Gasteiger partial charge in [-0.05, 0) is 36.4 Å². The van der Waals surface area contributed by atoms with Gasteiger partial charge in [0.15, 0.2) is 6.10 Å². The van der Waals surface area contributed by atoms with Crippen molar-refractivity contribution in [2.45, 2.75) is 12.1 Å². The fourth-order valence-corrected chi connectivity index (χ4v) is 4.61. The summed E-state index contributed by atoms with van der Waals surface area (Å²) in [6, 6.07) is 20.9. The van der Waals surface area contributed by atoms with Gasteiger partial charge in [-0.2, -0.15) is 0 Å². The number of benzene rings is 3. The second-order valence-corrected chi connectivity index (χ2v) is 8.32. The molecule has 2 aliphatic rings. The molecule has 0 aliphatic carbocycles. The Bertz CT molecular complexity index is 1200. The van der Waals surface area contributed by atoms with Gasteiger partial charge in [-0.1, -0.05) is 59.6 Å². The van der Waals surface area contributed by atoms with Crippen molar-refractivity contribution in [1.82, 2.24) is 0 Å². The number of para-hydroxylation sites is 2. The van der Waals surface area contributed by atoms with E-state index in [1.54, 1.807) is 24.3 Å². The molecule has 0 saturated carbocycles. The summed E-state index contributed by atoms with van der Waals surface area (Å²) in [6.07, 6.45) is -0.980. The van der Waals surface area contributed by atoms with Crippen LogP contribution < -0.4 is 14.7 Å². The third kappa shape index (κ3) is 3.23. The summed E-state index contributed by atoms with van der Waals surface area (Å²) < 4.78 is 5.57. The average Bonchev–Trinajstić information content (AvgIpc) is 3.32. The van der Waals surface area contributed by atoms with Gasteiger partial charge in [0.05, 0.1) is 34.6 Å². The molecular formula is C24H18Cl2N2O4. The highest BCUT2D eigenvalue weighted by Gasteiger charge is 2.60. The SMILES string of the molecule is COc1ccccc1[C@@H]1[C@H]2C(=O)N(c3ccc(Cl)c(Cl)c3)C(=O)[C@H]2ON1c1ccccc1. The molecule has 8 heteroatoms. The smallest absolute Gasteiger partial charge is 0.266 e. The number of anilines is 2. The zero-order chi connectivity index (χ0) is 22.4. The minimum atomic E-state index is -0.980. The lowest BCUT2D eigenvalue weighted by Gasteiger charge is -2.29. The van der Waals surface area contributed by atoms with Crippen molar-refractivity contribution >= 4 is 46.4 Å². The van der Waals surface area contributed by atoms with E-state index in [0.29, 0.717) is 16.5 Å². The molecule has 2 heterocycles. The van der Waals surface area contributed by atoms with Gasteiger partial charge in [0.25, 0.3) is 5.91 Å². The number of imide groups is 1. The Morgan fingerprint density at radius 2 is 1.56 bits per heavy atom. The highest BCUT2D eigenvalue weighted by molar-refractivity contribution is 6.42. The third-order valence-corrected chi connectivity index (χ3v) is 6.48. The van der Waals surface area contributed by atoms with Gasteiger partial charge in [0, 0.05) is 5.56 Å². The summed E-state index contributed by atoms with van der Waals surface area (Å²) in [5.41, 5.74) is 1.85. The second-order valence-electron chi connectivity index (χ2n) is 7.51. The van der Waals surface area contributed by atoms with E-state index in [1.807, 2.05) is 54.6 Å². The van der Waals surface area contributed by atoms with Gasteiger partial charge >= 0.3 is 0 Å². The van der Waals surface area contributed by atoms with E-state index in [-0.39, 0.29) is 10.9 Å². The number of carbonyl (C=O) groups excluding carboxylic acids is 2. The number of ether oxygens (including phenoxy) is 1. The molecule has 3 aromatic rings. The molecule has 5 rings (SSSR count). The van der Waals surface area contributed by atoms with Gasteiger partial charge in [-0.3, -0.25) is 14.4 Å². The predicted octanol–water partition coefficient (Wildman–Crippen LogP) is 5.05. The molecule has 0 aromatic heterocycles. The minimum Gasteiger partial charge on any atom is -0.496 e. The van der Waals surface area contributed by atoms with Gasteiger partial charge in [0.1, 0.15) is 11.7 Å². The van der Waals surface area contributed by atoms with Crippen molar-refractivity contribution in [2.75, 3.05) is 17.1 Å². The van der Waals surface area contributed by atoms with Crippen LogP contribution in [-0.4, -0.2) is 25.0 Å². The van der Waals surface area contributed by atoms with E-state index in [1.165, 1.54) is 6.07 Å². The normalized spacial score (nSPS) is 22.4. The van der Waals surface area contributed by atoms with Crippen LogP contribution in [0.4, 0.5) is 11.4 Å². The van der Waals surface area contributed by atoms with E-state index in [9.17, 15) is 9.59 Å². The summed E-state index contributed by atoms with van der Waals surface area (Å²) in [7, 11) is 1.57. The zero-order valence-corrected chi connectivity index (χ0v) is 18.5. The van der Waals surface area contributed by atoms with E-state index < -0.39 is 24.0 Å². The Labute approximate surface area is 194 Å². The quantitative estimate of drug-likeness (QED) is 0.501. The lowest BCUT2D eigenvalue weighted by Crippen LogP contribution is -2.37.